The largest absolute Gasteiger partial charge is 0.455 e. The summed E-state index contributed by atoms with van der Waals surface area (Å²) in [6.45, 7) is 5.51. The lowest BCUT2D eigenvalue weighted by Gasteiger charge is -2.21. The molecule has 0 aliphatic heterocycles. The SMILES string of the molecule is CCN(CC)c1ccc(C(=O)NNC(=O)COC(=O)C2CC2)cc1. The maximum absolute atomic E-state index is 12.0. The van der Waals surface area contributed by atoms with Crippen LogP contribution < -0.4 is 15.8 Å². The van der Waals surface area contributed by atoms with Crippen LogP contribution >= 0.6 is 0 Å². The van der Waals surface area contributed by atoms with Crippen molar-refractivity contribution >= 4 is 23.5 Å². The maximum Gasteiger partial charge on any atom is 0.309 e. The van der Waals surface area contributed by atoms with E-state index in [2.05, 4.69) is 29.6 Å². The van der Waals surface area contributed by atoms with Crippen molar-refractivity contribution in [3.05, 3.63) is 29.8 Å². The summed E-state index contributed by atoms with van der Waals surface area (Å²) in [5.41, 5.74) is 6.00. The average molecular weight is 333 g/mol. The van der Waals surface area contributed by atoms with E-state index in [0.717, 1.165) is 31.6 Å². The highest BCUT2D eigenvalue weighted by Gasteiger charge is 2.31. The first-order valence-electron chi connectivity index (χ1n) is 8.16. The molecular formula is C17H23N3O4. The predicted octanol–water partition coefficient (Wildman–Crippen LogP) is 1.25. The van der Waals surface area contributed by atoms with E-state index in [1.165, 1.54) is 0 Å². The van der Waals surface area contributed by atoms with Crippen molar-refractivity contribution in [3.8, 4) is 0 Å². The molecule has 1 aromatic carbocycles. The number of amides is 2. The van der Waals surface area contributed by atoms with Gasteiger partial charge < -0.3 is 9.64 Å². The van der Waals surface area contributed by atoms with Gasteiger partial charge in [-0.2, -0.15) is 0 Å². The number of rotatable bonds is 7. The average Bonchev–Trinajstić information content (AvgIpc) is 3.44. The molecule has 2 amide bonds. The molecule has 0 unspecified atom stereocenters. The minimum atomic E-state index is -0.572. The molecule has 0 saturated heterocycles. The summed E-state index contributed by atoms with van der Waals surface area (Å²) < 4.78 is 4.82. The van der Waals surface area contributed by atoms with E-state index in [1.54, 1.807) is 12.1 Å². The molecule has 0 atom stereocenters. The lowest BCUT2D eigenvalue weighted by Crippen LogP contribution is -2.43. The third-order valence-electron chi connectivity index (χ3n) is 3.83. The van der Waals surface area contributed by atoms with E-state index in [1.807, 2.05) is 12.1 Å². The number of carbonyl (C=O) groups excluding carboxylic acids is 3. The third-order valence-corrected chi connectivity index (χ3v) is 3.83. The molecule has 2 N–H and O–H groups in total. The van der Waals surface area contributed by atoms with Gasteiger partial charge in [0.2, 0.25) is 0 Å². The molecule has 130 valence electrons. The quantitative estimate of drug-likeness (QED) is 0.579. The Bertz CT molecular complexity index is 592. The number of anilines is 1. The smallest absolute Gasteiger partial charge is 0.309 e. The highest BCUT2D eigenvalue weighted by Crippen LogP contribution is 2.29. The van der Waals surface area contributed by atoms with Gasteiger partial charge in [0, 0.05) is 24.3 Å². The molecule has 1 aromatic rings. The summed E-state index contributed by atoms with van der Waals surface area (Å²) >= 11 is 0. The van der Waals surface area contributed by atoms with Crippen LogP contribution in [0.3, 0.4) is 0 Å². The number of hydrogen-bond donors (Lipinski definition) is 2. The highest BCUT2D eigenvalue weighted by atomic mass is 16.5. The Morgan fingerprint density at radius 1 is 1.08 bits per heavy atom. The Hall–Kier alpha value is -2.57. The maximum atomic E-state index is 12.0. The molecule has 0 radical (unpaired) electrons. The molecule has 0 heterocycles. The topological polar surface area (TPSA) is 87.7 Å². The number of ether oxygens (including phenoxy) is 1. The fourth-order valence-corrected chi connectivity index (χ4v) is 2.22. The normalized spacial score (nSPS) is 13.1. The number of benzene rings is 1. The second-order valence-corrected chi connectivity index (χ2v) is 5.60. The zero-order valence-corrected chi connectivity index (χ0v) is 14.0. The van der Waals surface area contributed by atoms with E-state index >= 15 is 0 Å². The summed E-state index contributed by atoms with van der Waals surface area (Å²) in [5, 5.41) is 0. The van der Waals surface area contributed by atoms with Crippen molar-refractivity contribution in [1.29, 1.82) is 0 Å². The van der Waals surface area contributed by atoms with Gasteiger partial charge in [0.1, 0.15) is 0 Å². The number of nitrogens with zero attached hydrogens (tertiary/aromatic N) is 1. The van der Waals surface area contributed by atoms with Gasteiger partial charge in [0.05, 0.1) is 5.92 Å². The van der Waals surface area contributed by atoms with E-state index in [0.29, 0.717) is 5.56 Å². The Kier molecular flexibility index (Phi) is 6.17. The van der Waals surface area contributed by atoms with Gasteiger partial charge in [-0.1, -0.05) is 0 Å². The van der Waals surface area contributed by atoms with Gasteiger partial charge >= 0.3 is 5.97 Å². The Labute approximate surface area is 141 Å². The number of nitrogens with one attached hydrogen (secondary N) is 2. The van der Waals surface area contributed by atoms with Crippen molar-refractivity contribution in [3.63, 3.8) is 0 Å². The third kappa shape index (κ3) is 4.97. The van der Waals surface area contributed by atoms with Crippen molar-refractivity contribution in [2.24, 2.45) is 5.92 Å². The second-order valence-electron chi connectivity index (χ2n) is 5.60. The van der Waals surface area contributed by atoms with E-state index in [4.69, 9.17) is 4.74 Å². The molecule has 1 aliphatic rings. The zero-order valence-electron chi connectivity index (χ0n) is 14.0. The van der Waals surface area contributed by atoms with Crippen LogP contribution in [0.4, 0.5) is 5.69 Å². The summed E-state index contributed by atoms with van der Waals surface area (Å²) in [4.78, 5) is 37.0. The summed E-state index contributed by atoms with van der Waals surface area (Å²) in [5.74, 6) is -1.42. The van der Waals surface area contributed by atoms with Crippen LogP contribution in [0, 0.1) is 5.92 Å². The van der Waals surface area contributed by atoms with Crippen molar-refractivity contribution in [2.75, 3.05) is 24.6 Å². The van der Waals surface area contributed by atoms with Crippen LogP contribution in [0.1, 0.15) is 37.0 Å². The van der Waals surface area contributed by atoms with E-state index < -0.39 is 18.4 Å². The Morgan fingerprint density at radius 3 is 2.25 bits per heavy atom. The molecule has 7 nitrogen and oxygen atoms in total. The van der Waals surface area contributed by atoms with Crippen LogP contribution in [-0.4, -0.2) is 37.5 Å². The van der Waals surface area contributed by atoms with Crippen LogP contribution in [0.25, 0.3) is 0 Å². The van der Waals surface area contributed by atoms with E-state index in [9.17, 15) is 14.4 Å². The molecular weight excluding hydrogens is 310 g/mol. The number of hydrogen-bond acceptors (Lipinski definition) is 5. The summed E-state index contributed by atoms with van der Waals surface area (Å²) in [6, 6.07) is 7.12. The van der Waals surface area contributed by atoms with Crippen molar-refractivity contribution in [2.45, 2.75) is 26.7 Å². The van der Waals surface area contributed by atoms with Crippen LogP contribution in [0.2, 0.25) is 0 Å². The van der Waals surface area contributed by atoms with Gasteiger partial charge in [-0.25, -0.2) is 0 Å². The first kappa shape index (κ1) is 17.8. The predicted molar refractivity (Wildman–Crippen MR) is 89.3 cm³/mol. The molecule has 1 aliphatic carbocycles. The lowest BCUT2D eigenvalue weighted by molar-refractivity contribution is -0.149. The molecule has 0 bridgehead atoms. The van der Waals surface area contributed by atoms with Crippen molar-refractivity contribution in [1.82, 2.24) is 10.9 Å². The molecule has 0 spiro atoms. The van der Waals surface area contributed by atoms with Crippen LogP contribution in [0.5, 0.6) is 0 Å². The minimum Gasteiger partial charge on any atom is -0.455 e. The summed E-state index contributed by atoms with van der Waals surface area (Å²) in [6.07, 6.45) is 1.64. The van der Waals surface area contributed by atoms with Gasteiger partial charge in [-0.15, -0.1) is 0 Å². The second kappa shape index (κ2) is 8.33. The molecule has 7 heteroatoms. The van der Waals surface area contributed by atoms with Crippen LogP contribution in [-0.2, 0) is 14.3 Å². The fourth-order valence-electron chi connectivity index (χ4n) is 2.22. The van der Waals surface area contributed by atoms with Gasteiger partial charge in [-0.05, 0) is 51.0 Å². The number of hydrazine groups is 1. The summed E-state index contributed by atoms with van der Waals surface area (Å²) in [7, 11) is 0. The molecule has 1 fully saturated rings. The van der Waals surface area contributed by atoms with Gasteiger partial charge in [0.25, 0.3) is 11.8 Å². The monoisotopic (exact) mass is 333 g/mol. The first-order chi connectivity index (χ1) is 11.5. The standard InChI is InChI=1S/C17H23N3O4/c1-3-20(4-2)14-9-7-12(8-10-14)16(22)19-18-15(21)11-24-17(23)13-5-6-13/h7-10,13H,3-6,11H2,1-2H3,(H,18,21)(H,19,22). The lowest BCUT2D eigenvalue weighted by atomic mass is 10.2. The van der Waals surface area contributed by atoms with Crippen LogP contribution in [0.15, 0.2) is 24.3 Å². The molecule has 24 heavy (non-hydrogen) atoms. The fraction of sp³-hybridized carbons (Fsp3) is 0.471. The molecule has 2 rings (SSSR count). The first-order valence-corrected chi connectivity index (χ1v) is 8.16. The van der Waals surface area contributed by atoms with Crippen molar-refractivity contribution < 1.29 is 19.1 Å². The minimum absolute atomic E-state index is 0.0586. The van der Waals surface area contributed by atoms with E-state index in [-0.39, 0.29) is 11.9 Å². The number of esters is 1. The highest BCUT2D eigenvalue weighted by molar-refractivity contribution is 5.95. The van der Waals surface area contributed by atoms with Gasteiger partial charge in [-0.3, -0.25) is 25.2 Å². The zero-order chi connectivity index (χ0) is 17.5. The number of carbonyl (C=O) groups is 3. The molecule has 0 aromatic heterocycles. The Balaban J connectivity index is 1.77. The van der Waals surface area contributed by atoms with Gasteiger partial charge in [0.15, 0.2) is 6.61 Å². The Morgan fingerprint density at radius 2 is 1.71 bits per heavy atom. The molecule has 1 saturated carbocycles.